The number of fused-ring (bicyclic) bond motifs is 5. The second kappa shape index (κ2) is 25.2. The van der Waals surface area contributed by atoms with Crippen LogP contribution >= 0.6 is 0 Å². The van der Waals surface area contributed by atoms with Gasteiger partial charge in [0, 0.05) is 86.9 Å². The van der Waals surface area contributed by atoms with Crippen molar-refractivity contribution in [2.45, 2.75) is 160 Å². The molecule has 0 unspecified atom stereocenters. The van der Waals surface area contributed by atoms with Crippen molar-refractivity contribution in [3.8, 4) is 11.4 Å². The van der Waals surface area contributed by atoms with Crippen LogP contribution in [0, 0.1) is 12.7 Å². The van der Waals surface area contributed by atoms with E-state index in [4.69, 9.17) is 14.6 Å². The van der Waals surface area contributed by atoms with Gasteiger partial charge in [-0.05, 0) is 80.2 Å². The highest BCUT2D eigenvalue weighted by Gasteiger charge is 2.46. The largest absolute Gasteiger partial charge is 0.458 e. The zero-order valence-corrected chi connectivity index (χ0v) is 44.2. The standard InChI is InChI=1S/C57H64FN7O14/c1-3-57(77)38-27-43-54-36(30-64(43)55(75)37(38)31-78-56(57)76)53-40(19-18-35-32(2)39(58)28-42(63-54)52(35)53)61-47(70)15-11-25-59-46(69)22-20-44(67)41(26-33-12-7-6-8-13-33)62-48(71)21-17-34(66)29-60-45(68)14-9-4-5-10-16-51(74)79-65-49(72)23-24-50(65)73/h6-8,12-13,27-28,40-41,77H,3-5,9-11,14-26,29-31H2,1-2H3,(H,59,69)(H,60,68)(H,61,70)(H,62,71)/t40-,41-,57-/m0/s1. The number of aryl methyl sites for hydroxylation is 1. The molecule has 0 spiro atoms. The number of hydrogen-bond acceptors (Lipinski definition) is 15. The van der Waals surface area contributed by atoms with E-state index < -0.39 is 76.2 Å². The van der Waals surface area contributed by atoms with Gasteiger partial charge in [-0.1, -0.05) is 50.1 Å². The molecule has 8 rings (SSSR count). The molecule has 0 radical (unpaired) electrons. The minimum absolute atomic E-state index is 0.00658. The van der Waals surface area contributed by atoms with Crippen LogP contribution < -0.4 is 26.8 Å². The molecule has 1 aliphatic carbocycles. The Hall–Kier alpha value is -8.01. The van der Waals surface area contributed by atoms with E-state index >= 15 is 4.39 Å². The summed E-state index contributed by atoms with van der Waals surface area (Å²) in [5.74, 6) is -5.55. The molecule has 1 saturated heterocycles. The van der Waals surface area contributed by atoms with Crippen LogP contribution in [0.4, 0.5) is 4.39 Å². The molecule has 1 fully saturated rings. The predicted molar refractivity (Wildman–Crippen MR) is 279 cm³/mol. The zero-order valence-electron chi connectivity index (χ0n) is 44.2. The molecule has 5 N–H and O–H groups in total. The first kappa shape index (κ1) is 57.2. The number of nitrogens with one attached hydrogen (secondary N) is 4. The molecule has 2 aromatic heterocycles. The summed E-state index contributed by atoms with van der Waals surface area (Å²) in [5.41, 5.74) is 2.25. The summed E-state index contributed by atoms with van der Waals surface area (Å²) < 4.78 is 22.1. The number of cyclic esters (lactones) is 1. The van der Waals surface area contributed by atoms with Gasteiger partial charge in [0.15, 0.2) is 17.2 Å². The highest BCUT2D eigenvalue weighted by molar-refractivity contribution is 6.01. The van der Waals surface area contributed by atoms with Crippen LogP contribution in [0.1, 0.15) is 155 Å². The number of ether oxygens (including phenoxy) is 1. The van der Waals surface area contributed by atoms with Crippen LogP contribution in [0.25, 0.3) is 22.3 Å². The lowest BCUT2D eigenvalue weighted by atomic mass is 9.81. The summed E-state index contributed by atoms with van der Waals surface area (Å²) in [7, 11) is 0. The second-order valence-corrected chi connectivity index (χ2v) is 20.5. The van der Waals surface area contributed by atoms with Crippen LogP contribution in [-0.4, -0.2) is 97.8 Å². The molecule has 5 heterocycles. The van der Waals surface area contributed by atoms with Gasteiger partial charge in [0.25, 0.3) is 17.4 Å². The summed E-state index contributed by atoms with van der Waals surface area (Å²) in [6.45, 7) is 2.92. The van der Waals surface area contributed by atoms with Crippen LogP contribution in [0.15, 0.2) is 47.3 Å². The Bertz CT molecular complexity index is 3180. The van der Waals surface area contributed by atoms with Gasteiger partial charge in [0.1, 0.15) is 12.4 Å². The number of carbonyl (C=O) groups is 10. The highest BCUT2D eigenvalue weighted by Crippen LogP contribution is 2.46. The highest BCUT2D eigenvalue weighted by atomic mass is 19.1. The molecule has 4 aliphatic rings. The van der Waals surface area contributed by atoms with Gasteiger partial charge in [-0.25, -0.2) is 19.0 Å². The average molecular weight is 1090 g/mol. The minimum Gasteiger partial charge on any atom is -0.458 e. The maximum atomic E-state index is 15.4. The number of halogens is 1. The molecule has 21 nitrogen and oxygen atoms in total. The van der Waals surface area contributed by atoms with Crippen molar-refractivity contribution in [1.29, 1.82) is 0 Å². The summed E-state index contributed by atoms with van der Waals surface area (Å²) >= 11 is 0. The van der Waals surface area contributed by atoms with Gasteiger partial charge in [-0.15, -0.1) is 5.06 Å². The number of imide groups is 1. The second-order valence-electron chi connectivity index (χ2n) is 20.5. The number of unbranched alkanes of at least 4 members (excludes halogenated alkanes) is 3. The summed E-state index contributed by atoms with van der Waals surface area (Å²) in [6, 6.07) is 10.4. The number of carbonyl (C=O) groups excluding carboxylic acids is 10. The Morgan fingerprint density at radius 2 is 1.51 bits per heavy atom. The Morgan fingerprint density at radius 1 is 0.810 bits per heavy atom. The van der Waals surface area contributed by atoms with E-state index in [0.717, 1.165) is 11.1 Å². The fourth-order valence-electron chi connectivity index (χ4n) is 10.6. The van der Waals surface area contributed by atoms with Crippen LogP contribution in [0.5, 0.6) is 0 Å². The van der Waals surface area contributed by atoms with Crippen LogP contribution in [0.3, 0.4) is 0 Å². The first-order valence-electron chi connectivity index (χ1n) is 26.9. The smallest absolute Gasteiger partial charge is 0.343 e. The van der Waals surface area contributed by atoms with Crippen molar-refractivity contribution < 1.29 is 67.0 Å². The lowest BCUT2D eigenvalue weighted by molar-refractivity contribution is -0.197. The van der Waals surface area contributed by atoms with Gasteiger partial charge in [-0.3, -0.25) is 43.2 Å². The number of pyridine rings is 2. The number of hydroxylamine groups is 2. The topological polar surface area (TPSA) is 296 Å². The zero-order chi connectivity index (χ0) is 56.5. The van der Waals surface area contributed by atoms with Crippen LogP contribution in [-0.2, 0) is 89.1 Å². The number of nitrogens with zero attached hydrogens (tertiary/aromatic N) is 3. The van der Waals surface area contributed by atoms with E-state index in [1.807, 2.05) is 0 Å². The quantitative estimate of drug-likeness (QED) is 0.0297. The van der Waals surface area contributed by atoms with Crippen molar-refractivity contribution in [3.05, 3.63) is 97.6 Å². The van der Waals surface area contributed by atoms with E-state index in [0.29, 0.717) is 82.6 Å². The molecule has 4 aromatic rings. The first-order valence-corrected chi connectivity index (χ1v) is 26.9. The van der Waals surface area contributed by atoms with E-state index in [9.17, 15) is 57.8 Å². The fourth-order valence-corrected chi connectivity index (χ4v) is 10.6. The first-order chi connectivity index (χ1) is 37.9. The summed E-state index contributed by atoms with van der Waals surface area (Å²) in [5, 5.41) is 23.7. The molecule has 3 aliphatic heterocycles. The predicted octanol–water partition coefficient (Wildman–Crippen LogP) is 4.02. The lowest BCUT2D eigenvalue weighted by Crippen LogP contribution is -2.44. The normalized spacial score (nSPS) is 17.3. The third-order valence-corrected chi connectivity index (χ3v) is 15.1. The monoisotopic (exact) mass is 1090 g/mol. The van der Waals surface area contributed by atoms with Crippen LogP contribution in [0.2, 0.25) is 0 Å². The third kappa shape index (κ3) is 13.1. The number of rotatable bonds is 26. The molecule has 0 saturated carbocycles. The number of hydrogen-bond donors (Lipinski definition) is 5. The summed E-state index contributed by atoms with van der Waals surface area (Å²) in [6.07, 6.45) is 2.71. The molecule has 2 aromatic carbocycles. The van der Waals surface area contributed by atoms with Crippen molar-refractivity contribution in [2.24, 2.45) is 0 Å². The van der Waals surface area contributed by atoms with E-state index in [2.05, 4.69) is 21.3 Å². The lowest BCUT2D eigenvalue weighted by Gasteiger charge is -2.31. The number of aliphatic hydroxyl groups is 1. The van der Waals surface area contributed by atoms with Gasteiger partial charge >= 0.3 is 11.9 Å². The molecule has 22 heteroatoms. The Kier molecular flexibility index (Phi) is 18.2. The van der Waals surface area contributed by atoms with Crippen molar-refractivity contribution in [1.82, 2.24) is 35.9 Å². The number of benzene rings is 2. The SMILES string of the molecule is CC[C@@]1(O)C(=O)OCc2c1cc1n(c2=O)Cc2c-1nc1cc(F)c(C)c3c1c2[C@@H](NC(=O)CCCNC(=O)CCC(=O)[C@H](Cc1ccccc1)NC(=O)CCC(=O)CNC(=O)CCCCCCC(=O)ON1C(=O)CCC1=O)CC3. The average Bonchev–Trinajstić information content (AvgIpc) is 4.23. The Labute approximate surface area is 453 Å². The van der Waals surface area contributed by atoms with Crippen molar-refractivity contribution in [3.63, 3.8) is 0 Å². The molecule has 6 amide bonds. The molecule has 3 atom stereocenters. The molecule has 79 heavy (non-hydrogen) atoms. The number of amides is 6. The molecular weight excluding hydrogens is 1030 g/mol. The Morgan fingerprint density at radius 3 is 2.24 bits per heavy atom. The Balaban J connectivity index is 0.775. The molecule has 0 bridgehead atoms. The fraction of sp³-hybridized carbons (Fsp3) is 0.474. The van der Waals surface area contributed by atoms with Crippen molar-refractivity contribution in [2.75, 3.05) is 13.1 Å². The maximum Gasteiger partial charge on any atom is 0.343 e. The van der Waals surface area contributed by atoms with E-state index in [1.165, 1.54) is 10.6 Å². The van der Waals surface area contributed by atoms with E-state index in [-0.39, 0.29) is 126 Å². The van der Waals surface area contributed by atoms with Crippen molar-refractivity contribution >= 4 is 69.9 Å². The number of ketones is 2. The molecule has 418 valence electrons. The maximum absolute atomic E-state index is 15.4. The minimum atomic E-state index is -2.04. The van der Waals surface area contributed by atoms with Gasteiger partial charge < -0.3 is 40.5 Å². The third-order valence-electron chi connectivity index (χ3n) is 15.1. The number of esters is 1. The van der Waals surface area contributed by atoms with E-state index in [1.54, 1.807) is 50.2 Å². The van der Waals surface area contributed by atoms with Gasteiger partial charge in [0.05, 0.1) is 47.6 Å². The summed E-state index contributed by atoms with van der Waals surface area (Å²) in [4.78, 5) is 150. The molecular formula is C57H64FN7O14. The van der Waals surface area contributed by atoms with Gasteiger partial charge in [-0.2, -0.15) is 0 Å². The number of Topliss-reactive ketones (excluding diaryl/α,β-unsaturated/α-hetero) is 2. The number of aromatic nitrogens is 2. The van der Waals surface area contributed by atoms with Gasteiger partial charge in [0.2, 0.25) is 23.6 Å².